The van der Waals surface area contributed by atoms with Crippen LogP contribution in [-0.2, 0) is 21.4 Å². The minimum atomic E-state index is -0.344. The molecule has 0 amide bonds. The highest BCUT2D eigenvalue weighted by molar-refractivity contribution is 5.83. The van der Waals surface area contributed by atoms with E-state index in [0.717, 1.165) is 25.3 Å². The van der Waals surface area contributed by atoms with Crippen molar-refractivity contribution in [1.29, 1.82) is 0 Å². The largest absolute Gasteiger partial charge is 0.508 e. The van der Waals surface area contributed by atoms with Crippen molar-refractivity contribution in [3.8, 4) is 5.75 Å². The van der Waals surface area contributed by atoms with Crippen molar-refractivity contribution in [2.24, 2.45) is 11.8 Å². The molecule has 1 aromatic rings. The molecule has 4 atom stereocenters. The Kier molecular flexibility index (Phi) is 3.97. The third kappa shape index (κ3) is 2.26. The second-order valence-corrected chi connectivity index (χ2v) is 9.50. The molecule has 0 aromatic heterocycles. The third-order valence-electron chi connectivity index (χ3n) is 8.35. The van der Waals surface area contributed by atoms with E-state index < -0.39 is 0 Å². The molecule has 5 rings (SSSR count). The van der Waals surface area contributed by atoms with Crippen LogP contribution in [0, 0.1) is 11.8 Å². The summed E-state index contributed by atoms with van der Waals surface area (Å²) >= 11 is 0. The Hall–Kier alpha value is -1.39. The highest BCUT2D eigenvalue weighted by Crippen LogP contribution is 2.61. The van der Waals surface area contributed by atoms with E-state index in [0.29, 0.717) is 30.4 Å². The summed E-state index contributed by atoms with van der Waals surface area (Å²) in [5, 5.41) is 10.2. The molecule has 1 aromatic carbocycles. The van der Waals surface area contributed by atoms with Crippen LogP contribution in [0.5, 0.6) is 5.75 Å². The molecule has 1 aliphatic heterocycles. The van der Waals surface area contributed by atoms with Crippen LogP contribution in [0.2, 0.25) is 0 Å². The molecule has 0 radical (unpaired) electrons. The zero-order valence-corrected chi connectivity index (χ0v) is 16.5. The number of benzene rings is 1. The number of phenolic OH excluding ortho intramolecular Hbond substituents is 1. The fourth-order valence-electron chi connectivity index (χ4n) is 7.08. The highest BCUT2D eigenvalue weighted by Gasteiger charge is 2.68. The molecule has 2 bridgehead atoms. The van der Waals surface area contributed by atoms with Gasteiger partial charge in [-0.3, -0.25) is 9.69 Å². The van der Waals surface area contributed by atoms with Gasteiger partial charge in [0.05, 0.1) is 5.60 Å². The second-order valence-electron chi connectivity index (χ2n) is 9.50. The summed E-state index contributed by atoms with van der Waals surface area (Å²) in [7, 11) is 1.86. The summed E-state index contributed by atoms with van der Waals surface area (Å²) in [5.74, 6) is 1.66. The molecule has 0 spiro atoms. The van der Waals surface area contributed by atoms with Gasteiger partial charge in [-0.1, -0.05) is 19.4 Å². The highest BCUT2D eigenvalue weighted by atomic mass is 16.5. The first-order chi connectivity index (χ1) is 13.0. The van der Waals surface area contributed by atoms with Crippen molar-refractivity contribution >= 4 is 5.78 Å². The molecular weight excluding hydrogens is 338 g/mol. The van der Waals surface area contributed by atoms with E-state index in [4.69, 9.17) is 4.74 Å². The van der Waals surface area contributed by atoms with E-state index in [2.05, 4.69) is 17.9 Å². The Morgan fingerprint density at radius 3 is 2.81 bits per heavy atom. The van der Waals surface area contributed by atoms with Crippen molar-refractivity contribution in [1.82, 2.24) is 4.90 Å². The quantitative estimate of drug-likeness (QED) is 0.887. The van der Waals surface area contributed by atoms with Crippen LogP contribution in [0.4, 0.5) is 0 Å². The topological polar surface area (TPSA) is 49.8 Å². The Bertz CT molecular complexity index is 773. The number of likely N-dealkylation sites (tertiary alicyclic amines) is 1. The average molecular weight is 370 g/mol. The molecule has 1 N–H and O–H groups in total. The maximum atomic E-state index is 12.8. The van der Waals surface area contributed by atoms with Crippen LogP contribution in [0.1, 0.15) is 56.6 Å². The lowest BCUT2D eigenvalue weighted by Gasteiger charge is -2.67. The summed E-state index contributed by atoms with van der Waals surface area (Å²) in [4.78, 5) is 15.4. The van der Waals surface area contributed by atoms with Gasteiger partial charge >= 0.3 is 0 Å². The van der Waals surface area contributed by atoms with Gasteiger partial charge in [0.1, 0.15) is 11.5 Å². The minimum absolute atomic E-state index is 0.188. The number of ether oxygens (including phenoxy) is 1. The Morgan fingerprint density at radius 1 is 1.30 bits per heavy atom. The monoisotopic (exact) mass is 369 g/mol. The van der Waals surface area contributed by atoms with Gasteiger partial charge in [0.2, 0.25) is 0 Å². The van der Waals surface area contributed by atoms with Gasteiger partial charge in [0.25, 0.3) is 0 Å². The average Bonchev–Trinajstić information content (AvgIpc) is 2.59. The SMILES string of the molecule is CO[C@@]12C(C)CC(=O)C[C@@]13CCN(CC1CCC1)[C@@H]2Cc1ccc(O)cc13. The van der Waals surface area contributed by atoms with Gasteiger partial charge in [-0.25, -0.2) is 0 Å². The summed E-state index contributed by atoms with van der Waals surface area (Å²) in [5.41, 5.74) is 1.82. The number of rotatable bonds is 3. The fraction of sp³-hybridized carbons (Fsp3) is 0.696. The first kappa shape index (κ1) is 17.7. The predicted octanol–water partition coefficient (Wildman–Crippen LogP) is 3.44. The maximum Gasteiger partial charge on any atom is 0.134 e. The van der Waals surface area contributed by atoms with E-state index in [1.165, 1.54) is 36.9 Å². The molecule has 4 heteroatoms. The van der Waals surface area contributed by atoms with Gasteiger partial charge in [0, 0.05) is 38.0 Å². The molecule has 146 valence electrons. The molecule has 4 nitrogen and oxygen atoms in total. The van der Waals surface area contributed by atoms with Gasteiger partial charge in [0.15, 0.2) is 0 Å². The number of hydrogen-bond donors (Lipinski definition) is 1. The van der Waals surface area contributed by atoms with Crippen LogP contribution >= 0.6 is 0 Å². The van der Waals surface area contributed by atoms with Crippen molar-refractivity contribution in [3.05, 3.63) is 29.3 Å². The molecule has 1 saturated heterocycles. The Morgan fingerprint density at radius 2 is 2.11 bits per heavy atom. The minimum Gasteiger partial charge on any atom is -0.508 e. The Labute approximate surface area is 161 Å². The molecule has 1 unspecified atom stereocenters. The second kappa shape index (κ2) is 6.05. The predicted molar refractivity (Wildman–Crippen MR) is 104 cm³/mol. The molecule has 1 heterocycles. The van der Waals surface area contributed by atoms with Gasteiger partial charge in [-0.15, -0.1) is 0 Å². The third-order valence-corrected chi connectivity index (χ3v) is 8.35. The van der Waals surface area contributed by atoms with Gasteiger partial charge in [-0.2, -0.15) is 0 Å². The molecular formula is C23H31NO3. The zero-order chi connectivity index (χ0) is 18.8. The number of aromatic hydroxyl groups is 1. The number of carbonyl (C=O) groups excluding carboxylic acids is 1. The summed E-state index contributed by atoms with van der Waals surface area (Å²) in [6, 6.07) is 6.12. The molecule has 3 aliphatic carbocycles. The maximum absolute atomic E-state index is 12.8. The lowest BCUT2D eigenvalue weighted by molar-refractivity contribution is -0.211. The fourth-order valence-corrected chi connectivity index (χ4v) is 7.08. The number of ketones is 1. The van der Waals surface area contributed by atoms with Crippen molar-refractivity contribution < 1.29 is 14.6 Å². The summed E-state index contributed by atoms with van der Waals surface area (Å²) < 4.78 is 6.49. The normalized spacial score (nSPS) is 38.8. The van der Waals surface area contributed by atoms with Crippen LogP contribution < -0.4 is 0 Å². The lowest BCUT2D eigenvalue weighted by atomic mass is 9.46. The summed E-state index contributed by atoms with van der Waals surface area (Å²) in [6.45, 7) is 4.41. The van der Waals surface area contributed by atoms with E-state index in [1.54, 1.807) is 6.07 Å². The number of hydrogen-bond acceptors (Lipinski definition) is 4. The number of carbonyl (C=O) groups is 1. The standard InChI is InChI=1S/C23H31NO3/c1-15-10-19(26)13-22-8-9-24(14-16-4-3-5-16)21(23(15,22)27-2)11-17-6-7-18(25)12-20(17)22/h6-7,12,15-16,21,25H,3-5,8-11,13-14H2,1-2H3/t15?,21-,22-,23-/m1/s1. The van der Waals surface area contributed by atoms with Crippen molar-refractivity contribution in [3.63, 3.8) is 0 Å². The number of piperidine rings is 1. The first-order valence-corrected chi connectivity index (χ1v) is 10.6. The van der Waals surface area contributed by atoms with Crippen LogP contribution in [0.15, 0.2) is 18.2 Å². The van der Waals surface area contributed by atoms with Gasteiger partial charge < -0.3 is 9.84 Å². The number of methoxy groups -OCH3 is 1. The number of fused-ring (bicyclic) bond motifs is 1. The number of phenols is 1. The van der Waals surface area contributed by atoms with Crippen molar-refractivity contribution in [2.75, 3.05) is 20.2 Å². The molecule has 27 heavy (non-hydrogen) atoms. The Balaban J connectivity index is 1.67. The van der Waals surface area contributed by atoms with Crippen molar-refractivity contribution in [2.45, 2.75) is 68.9 Å². The van der Waals surface area contributed by atoms with E-state index in [-0.39, 0.29) is 16.9 Å². The molecule has 3 fully saturated rings. The first-order valence-electron chi connectivity index (χ1n) is 10.6. The number of nitrogens with zero attached hydrogens (tertiary/aromatic N) is 1. The van der Waals surface area contributed by atoms with Gasteiger partial charge in [-0.05, 0) is 67.3 Å². The molecule has 4 aliphatic rings. The van der Waals surface area contributed by atoms with Crippen LogP contribution in [0.3, 0.4) is 0 Å². The number of Topliss-reactive ketones (excluding diaryl/α,β-unsaturated/α-hetero) is 1. The summed E-state index contributed by atoms with van der Waals surface area (Å²) in [6.07, 6.45) is 7.13. The van der Waals surface area contributed by atoms with E-state index >= 15 is 0 Å². The van der Waals surface area contributed by atoms with Crippen LogP contribution in [-0.4, -0.2) is 47.6 Å². The van der Waals surface area contributed by atoms with E-state index in [9.17, 15) is 9.90 Å². The van der Waals surface area contributed by atoms with Crippen LogP contribution in [0.25, 0.3) is 0 Å². The van der Waals surface area contributed by atoms with E-state index in [1.807, 2.05) is 13.2 Å². The lowest BCUT2D eigenvalue weighted by Crippen LogP contribution is -2.76. The smallest absolute Gasteiger partial charge is 0.134 e. The zero-order valence-electron chi connectivity index (χ0n) is 16.5. The molecule has 2 saturated carbocycles.